The Morgan fingerprint density at radius 2 is 0.459 bits per heavy atom. The highest BCUT2D eigenvalue weighted by molar-refractivity contribution is 8.78. The predicted molar refractivity (Wildman–Crippen MR) is 430 cm³/mol. The summed E-state index contributed by atoms with van der Waals surface area (Å²) in [5.74, 6) is 20.7. The summed E-state index contributed by atoms with van der Waals surface area (Å²) in [6.07, 6.45) is 8.65. The van der Waals surface area contributed by atoms with Crippen molar-refractivity contribution in [1.29, 1.82) is 0 Å². The minimum Gasteiger partial charge on any atom is -0.175 e. The summed E-state index contributed by atoms with van der Waals surface area (Å²) < 4.78 is 0. The van der Waals surface area contributed by atoms with E-state index in [0.29, 0.717) is 0 Å². The van der Waals surface area contributed by atoms with Crippen molar-refractivity contribution in [3.05, 3.63) is 245 Å². The Hall–Kier alpha value is 2.03. The van der Waals surface area contributed by atoms with Crippen LogP contribution in [0.15, 0.2) is 144 Å². The second-order valence-electron chi connectivity index (χ2n) is 19.8. The lowest BCUT2D eigenvalue weighted by Gasteiger charge is -2.14. The maximum Gasteiger partial charge on any atom is 0.127 e. The van der Waals surface area contributed by atoms with Crippen molar-refractivity contribution < 1.29 is 0 Å². The quantitative estimate of drug-likeness (QED) is 0.0731. The fourth-order valence-electron chi connectivity index (χ4n) is 9.17. The first-order valence-electron chi connectivity index (χ1n) is 27.1. The average molecular weight is 1530 g/mol. The Morgan fingerprint density at radius 1 is 0.271 bits per heavy atom. The molecule has 7 heterocycles. The maximum atomic E-state index is 4.76. The van der Waals surface area contributed by atoms with E-state index in [4.69, 9.17) is 23.2 Å². The van der Waals surface area contributed by atoms with Gasteiger partial charge in [-0.1, -0.05) is 310 Å². The van der Waals surface area contributed by atoms with Crippen molar-refractivity contribution in [3.8, 4) is 0 Å². The Kier molecular flexibility index (Phi) is 34.5. The van der Waals surface area contributed by atoms with Gasteiger partial charge in [0.1, 0.15) is 11.1 Å². The summed E-state index contributed by atoms with van der Waals surface area (Å²) in [6.45, 7) is 0. The van der Waals surface area contributed by atoms with Gasteiger partial charge in [0.25, 0.3) is 0 Å². The lowest BCUT2D eigenvalue weighted by molar-refractivity contribution is 1.27. The Balaban J connectivity index is 0.000000192. The molecule has 0 saturated carbocycles. The molecular weight excluding hydrogens is 1470 g/mol. The van der Waals surface area contributed by atoms with Crippen molar-refractivity contribution >= 4 is 243 Å². The third kappa shape index (κ3) is 26.6. The van der Waals surface area contributed by atoms with Crippen LogP contribution in [-0.4, -0.2) is 22.6 Å². The first kappa shape index (κ1) is 71.3. The highest BCUT2D eigenvalue weighted by atomic mass is 35.5. The second-order valence-corrected chi connectivity index (χ2v) is 43.4. The summed E-state index contributed by atoms with van der Waals surface area (Å²) in [6, 6.07) is 45.0. The van der Waals surface area contributed by atoms with Crippen LogP contribution >= 0.6 is 243 Å². The molecule has 0 unspecified atom stereocenters. The van der Waals surface area contributed by atoms with Gasteiger partial charge in [0.2, 0.25) is 0 Å². The number of benzene rings is 6. The van der Waals surface area contributed by atoms with Crippen LogP contribution in [0.25, 0.3) is 0 Å². The maximum absolute atomic E-state index is 4.76. The van der Waals surface area contributed by atoms with E-state index in [0.717, 1.165) is 115 Å². The molecule has 0 radical (unpaired) electrons. The minimum atomic E-state index is 0.194. The number of fused-ring (bicyclic) bond motifs is 27. The first-order chi connectivity index (χ1) is 41.8. The Bertz CT molecular complexity index is 2680. The summed E-state index contributed by atoms with van der Waals surface area (Å²) >= 11 is 17.8. The molecule has 0 nitrogen and oxygen atoms in total. The minimum absolute atomic E-state index is 0.194. The molecule has 85 heavy (non-hydrogen) atoms. The van der Waals surface area contributed by atoms with Crippen LogP contribution in [0.2, 0.25) is 0 Å². The van der Waals surface area contributed by atoms with E-state index in [-0.39, 0.29) is 5.34 Å². The van der Waals surface area contributed by atoms with E-state index in [1.165, 1.54) is 111 Å². The lowest BCUT2D eigenvalue weighted by atomic mass is 10.0. The van der Waals surface area contributed by atoms with Gasteiger partial charge in [0, 0.05) is 104 Å². The van der Waals surface area contributed by atoms with E-state index in [2.05, 4.69) is 159 Å². The van der Waals surface area contributed by atoms with Crippen molar-refractivity contribution in [2.45, 2.75) is 97.8 Å². The van der Waals surface area contributed by atoms with Crippen LogP contribution in [0.5, 0.6) is 0 Å². The molecule has 0 aromatic heterocycles. The van der Waals surface area contributed by atoms with E-state index < -0.39 is 0 Å². The van der Waals surface area contributed by atoms with Gasteiger partial charge in [0.15, 0.2) is 0 Å². The van der Waals surface area contributed by atoms with Gasteiger partial charge >= 0.3 is 0 Å². The normalized spacial score (nSPS) is 17.9. The lowest BCUT2D eigenvalue weighted by Crippen LogP contribution is -1.99. The monoisotopic (exact) mass is 1530 g/mol. The zero-order valence-electron chi connectivity index (χ0n) is 46.5. The van der Waals surface area contributed by atoms with Gasteiger partial charge in [-0.2, -0.15) is 25.3 Å². The standard InChI is InChI=1S/C36H35S12.C18H18S6.C8H10S2.CH2Cl2/c1-25-2-27-3-26(1)14-38-40-17-29-5-31-9-33(7-29)22-46-48-24-36-11-34(18-42-41-15-27)10-35(12-36)23-47-45-21-32-6-28(16-39-37-13-25)4-30(8-32)19-43-44-20-31;1-13-2-15-3-14(1)8-20-22-11-17-4-16(10-21-19-7-13)5-18(6-17)12-24-23-9-15;9-5-7-1-2-8(6-10)4-3-7;2-1-3/h1-11H,13-24H2;1-6H,7-12H2;1-4,9-10H,5-6H2;1H2/q+1;;;. The van der Waals surface area contributed by atoms with Gasteiger partial charge < -0.3 is 0 Å². The molecule has 22 heteroatoms. The highest BCUT2D eigenvalue weighted by Gasteiger charge is 2.20. The molecule has 0 fully saturated rings. The van der Waals surface area contributed by atoms with Crippen molar-refractivity contribution in [2.75, 3.05) is 22.6 Å². The van der Waals surface area contributed by atoms with Crippen LogP contribution < -0.4 is 0 Å². The van der Waals surface area contributed by atoms with Crippen molar-refractivity contribution in [1.82, 2.24) is 0 Å². The van der Waals surface area contributed by atoms with Crippen LogP contribution in [-0.2, 0) is 97.8 Å². The topological polar surface area (TPSA) is 0 Å². The number of rotatable bonds is 2. The molecule has 6 aromatic carbocycles. The van der Waals surface area contributed by atoms with Gasteiger partial charge in [0.05, 0.1) is 40.3 Å². The number of hydrogen-bond acceptors (Lipinski definition) is 20. The molecule has 0 amide bonds. The molecule has 6 aromatic rings. The molecule has 450 valence electrons. The summed E-state index contributed by atoms with van der Waals surface area (Å²) in [5.41, 5.74) is 28.7. The molecule has 0 atom stereocenters. The zero-order valence-corrected chi connectivity index (χ0v) is 64.5. The second kappa shape index (κ2) is 41.1. The van der Waals surface area contributed by atoms with Gasteiger partial charge in [-0.25, -0.2) is 0 Å². The van der Waals surface area contributed by atoms with Gasteiger partial charge in [-0.3, -0.25) is 0 Å². The molecule has 7 aliphatic heterocycles. The number of allylic oxidation sites excluding steroid dienone is 3. The van der Waals surface area contributed by atoms with Gasteiger partial charge in [-0.05, 0) is 94.6 Å². The SMILES string of the molecule is ClCCl.SCc1ccc(CS)cc1.[C+]1=C2C=C3C=C1CSSCc1cc4cc(c1)CSSCc1cc(cc(c1)CSSCc1cc(cc(c1)CSSC4)CSSC2)CSSC3.c1c2cc3cc1CSSCc1cc(cc(c1)CSSC3)CSSC2. The fraction of sp³-hybridized carbons (Fsp3) is 0.333. The van der Waals surface area contributed by atoms with E-state index in [1.807, 2.05) is 194 Å². The molecule has 8 aliphatic rings. The third-order valence-electron chi connectivity index (χ3n) is 12.8. The van der Waals surface area contributed by atoms with Crippen LogP contribution in [0, 0.1) is 6.08 Å². The largest absolute Gasteiger partial charge is 0.175 e. The van der Waals surface area contributed by atoms with Crippen LogP contribution in [0.4, 0.5) is 0 Å². The van der Waals surface area contributed by atoms with Crippen molar-refractivity contribution in [3.63, 3.8) is 0 Å². The number of hydrogen-bond donors (Lipinski definition) is 2. The summed E-state index contributed by atoms with van der Waals surface area (Å²) in [7, 11) is 36.0. The number of halogens is 2. The summed E-state index contributed by atoms with van der Waals surface area (Å²) in [5, 5.41) is 0.194. The molecular formula is C63H65Cl2S20+. The molecule has 0 spiro atoms. The molecule has 18 bridgehead atoms. The zero-order chi connectivity index (χ0) is 58.7. The average Bonchev–Trinajstić information content (AvgIpc) is 3.68. The highest BCUT2D eigenvalue weighted by Crippen LogP contribution is 2.42. The molecule has 0 N–H and O–H groups in total. The van der Waals surface area contributed by atoms with Crippen LogP contribution in [0.3, 0.4) is 0 Å². The van der Waals surface area contributed by atoms with E-state index >= 15 is 0 Å². The molecule has 14 rings (SSSR count). The number of alkyl halides is 2. The predicted octanol–water partition coefficient (Wildman–Crippen LogP) is 26.0. The number of thiol groups is 2. The first-order valence-corrected chi connectivity index (χ1v) is 51.8. The Labute approximate surface area is 599 Å². The van der Waals surface area contributed by atoms with E-state index in [9.17, 15) is 0 Å². The van der Waals surface area contributed by atoms with Gasteiger partial charge in [-0.15, -0.1) is 23.2 Å². The fourth-order valence-corrected chi connectivity index (χ4v) is 28.3. The van der Waals surface area contributed by atoms with E-state index in [1.54, 1.807) is 0 Å². The van der Waals surface area contributed by atoms with Crippen LogP contribution in [0.1, 0.15) is 94.6 Å². The molecule has 1 aliphatic carbocycles. The van der Waals surface area contributed by atoms with Crippen molar-refractivity contribution in [2.24, 2.45) is 0 Å². The Morgan fingerprint density at radius 3 is 0.671 bits per heavy atom. The molecule has 0 saturated heterocycles. The third-order valence-corrected chi connectivity index (χ3v) is 33.9. The smallest absolute Gasteiger partial charge is 0.127 e. The summed E-state index contributed by atoms with van der Waals surface area (Å²) in [4.78, 5) is 0.